The second-order valence-corrected chi connectivity index (χ2v) is 6.68. The van der Waals surface area contributed by atoms with Gasteiger partial charge in [0.25, 0.3) is 0 Å². The second kappa shape index (κ2) is 6.18. The number of aromatic nitrogens is 2. The average molecular weight is 351 g/mol. The van der Waals surface area contributed by atoms with Crippen LogP contribution in [0.4, 0.5) is 5.69 Å². The molecular formula is C11H12Cl2N4O3S. The maximum absolute atomic E-state index is 12.2. The van der Waals surface area contributed by atoms with Gasteiger partial charge in [-0.3, -0.25) is 0 Å². The van der Waals surface area contributed by atoms with Crippen LogP contribution in [-0.2, 0) is 16.4 Å². The monoisotopic (exact) mass is 350 g/mol. The average Bonchev–Trinajstić information content (AvgIpc) is 2.81. The van der Waals surface area contributed by atoms with Crippen LogP contribution in [0.1, 0.15) is 11.7 Å². The third-order valence-electron chi connectivity index (χ3n) is 2.58. The van der Waals surface area contributed by atoms with E-state index in [1.807, 2.05) is 0 Å². The van der Waals surface area contributed by atoms with Gasteiger partial charge in [0.05, 0.1) is 15.7 Å². The summed E-state index contributed by atoms with van der Waals surface area (Å²) in [5.74, 6) is 0.832. The quantitative estimate of drug-likeness (QED) is 0.795. The lowest BCUT2D eigenvalue weighted by molar-refractivity contribution is 0.375. The van der Waals surface area contributed by atoms with Crippen LogP contribution in [0.15, 0.2) is 21.6 Å². The molecule has 0 spiro atoms. The molecule has 0 aliphatic heterocycles. The summed E-state index contributed by atoms with van der Waals surface area (Å²) >= 11 is 11.7. The molecule has 0 bridgehead atoms. The Morgan fingerprint density at radius 2 is 2.10 bits per heavy atom. The molecule has 0 aliphatic rings. The Balaban J connectivity index is 2.10. The van der Waals surface area contributed by atoms with Gasteiger partial charge in [-0.2, -0.15) is 4.98 Å². The Morgan fingerprint density at radius 3 is 2.71 bits per heavy atom. The molecule has 0 aliphatic carbocycles. The number of hydrogen-bond donors (Lipinski definition) is 2. The number of halogens is 2. The number of rotatable bonds is 5. The van der Waals surface area contributed by atoms with E-state index >= 15 is 0 Å². The van der Waals surface area contributed by atoms with Crippen LogP contribution >= 0.6 is 23.2 Å². The summed E-state index contributed by atoms with van der Waals surface area (Å²) in [5, 5.41) is 3.70. The van der Waals surface area contributed by atoms with Gasteiger partial charge in [-0.15, -0.1) is 0 Å². The highest BCUT2D eigenvalue weighted by molar-refractivity contribution is 7.89. The van der Waals surface area contributed by atoms with Gasteiger partial charge < -0.3 is 10.3 Å². The number of nitrogens with two attached hydrogens (primary N) is 1. The van der Waals surface area contributed by atoms with Crippen LogP contribution in [0.5, 0.6) is 0 Å². The maximum Gasteiger partial charge on any atom is 0.242 e. The molecule has 1 heterocycles. The van der Waals surface area contributed by atoms with Crippen LogP contribution in [0, 0.1) is 6.92 Å². The molecule has 2 aromatic rings. The Morgan fingerprint density at radius 1 is 1.38 bits per heavy atom. The molecule has 7 nitrogen and oxygen atoms in total. The van der Waals surface area contributed by atoms with Crippen LogP contribution in [0.2, 0.25) is 10.0 Å². The predicted octanol–water partition coefficient (Wildman–Crippen LogP) is 1.79. The van der Waals surface area contributed by atoms with Crippen molar-refractivity contribution in [2.45, 2.75) is 18.2 Å². The zero-order valence-corrected chi connectivity index (χ0v) is 13.3. The molecule has 0 fully saturated rings. The number of hydrogen-bond acceptors (Lipinski definition) is 6. The summed E-state index contributed by atoms with van der Waals surface area (Å²) in [6.07, 6.45) is 0.265. The number of nitrogens with one attached hydrogen (secondary N) is 1. The maximum atomic E-state index is 12.2. The first-order valence-electron chi connectivity index (χ1n) is 5.83. The summed E-state index contributed by atoms with van der Waals surface area (Å²) in [6.45, 7) is 1.76. The summed E-state index contributed by atoms with van der Waals surface area (Å²) in [7, 11) is -3.80. The highest BCUT2D eigenvalue weighted by Gasteiger charge is 2.20. The normalized spacial score (nSPS) is 11.8. The van der Waals surface area contributed by atoms with E-state index < -0.39 is 10.0 Å². The summed E-state index contributed by atoms with van der Waals surface area (Å²) < 4.78 is 31.6. The number of anilines is 1. The van der Waals surface area contributed by atoms with E-state index in [0.717, 1.165) is 0 Å². The minimum atomic E-state index is -3.80. The molecule has 0 atom stereocenters. The van der Waals surface area contributed by atoms with Gasteiger partial charge >= 0.3 is 0 Å². The first kappa shape index (κ1) is 16.0. The summed E-state index contributed by atoms with van der Waals surface area (Å²) in [4.78, 5) is 3.84. The fourth-order valence-electron chi connectivity index (χ4n) is 1.57. The van der Waals surface area contributed by atoms with Gasteiger partial charge in [-0.25, -0.2) is 13.1 Å². The molecule has 0 saturated carbocycles. The molecular weight excluding hydrogens is 339 g/mol. The SMILES string of the molecule is Cc1noc(CCNS(=O)(=O)c2ccc(Cl)c(N)c2Cl)n1. The van der Waals surface area contributed by atoms with Crippen molar-refractivity contribution in [3.05, 3.63) is 33.9 Å². The Labute approximate surface area is 131 Å². The molecule has 2 rings (SSSR count). The van der Waals surface area contributed by atoms with Gasteiger partial charge in [0.2, 0.25) is 15.9 Å². The third kappa shape index (κ3) is 3.65. The molecule has 114 valence electrons. The van der Waals surface area contributed by atoms with Crippen molar-refractivity contribution in [2.75, 3.05) is 12.3 Å². The summed E-state index contributed by atoms with van der Waals surface area (Å²) in [6, 6.07) is 2.67. The van der Waals surface area contributed by atoms with E-state index in [4.69, 9.17) is 33.5 Å². The second-order valence-electron chi connectivity index (χ2n) is 4.16. The fraction of sp³-hybridized carbons (Fsp3) is 0.273. The van der Waals surface area contributed by atoms with Crippen molar-refractivity contribution in [1.82, 2.24) is 14.9 Å². The molecule has 0 radical (unpaired) electrons. The lowest BCUT2D eigenvalue weighted by atomic mass is 10.3. The van der Waals surface area contributed by atoms with Crippen molar-refractivity contribution in [3.8, 4) is 0 Å². The van der Waals surface area contributed by atoms with Crippen LogP contribution < -0.4 is 10.5 Å². The molecule has 1 aromatic heterocycles. The Hall–Kier alpha value is -1.35. The van der Waals surface area contributed by atoms with E-state index in [9.17, 15) is 8.42 Å². The zero-order chi connectivity index (χ0) is 15.6. The molecule has 0 saturated heterocycles. The first-order chi connectivity index (χ1) is 9.81. The van der Waals surface area contributed by atoms with Crippen LogP contribution in [0.3, 0.4) is 0 Å². The summed E-state index contributed by atoms with van der Waals surface area (Å²) in [5.41, 5.74) is 5.63. The molecule has 21 heavy (non-hydrogen) atoms. The van der Waals surface area contributed by atoms with Gasteiger partial charge in [-0.1, -0.05) is 28.4 Å². The number of nitrogen functional groups attached to an aromatic ring is 1. The van der Waals surface area contributed by atoms with E-state index in [1.54, 1.807) is 6.92 Å². The number of benzene rings is 1. The largest absolute Gasteiger partial charge is 0.396 e. The van der Waals surface area contributed by atoms with Gasteiger partial charge in [0.15, 0.2) is 5.82 Å². The smallest absolute Gasteiger partial charge is 0.242 e. The standard InChI is InChI=1S/C11H12Cl2N4O3S/c1-6-16-9(20-17-6)4-5-15-21(18,19)8-3-2-7(12)11(14)10(8)13/h2-3,15H,4-5,14H2,1H3. The van der Waals surface area contributed by atoms with Crippen molar-refractivity contribution in [2.24, 2.45) is 0 Å². The van der Waals surface area contributed by atoms with Crippen molar-refractivity contribution in [3.63, 3.8) is 0 Å². The molecule has 0 amide bonds. The fourth-order valence-corrected chi connectivity index (χ4v) is 3.36. The van der Waals surface area contributed by atoms with E-state index in [-0.39, 0.29) is 33.6 Å². The molecule has 3 N–H and O–H groups in total. The Kier molecular flexibility index (Phi) is 4.72. The predicted molar refractivity (Wildman–Crippen MR) is 78.8 cm³/mol. The third-order valence-corrected chi connectivity index (χ3v) is 4.93. The zero-order valence-electron chi connectivity index (χ0n) is 10.9. The van der Waals surface area contributed by atoms with E-state index in [1.165, 1.54) is 12.1 Å². The lowest BCUT2D eigenvalue weighted by Crippen LogP contribution is -2.26. The number of aryl methyl sites for hydroxylation is 1. The minimum Gasteiger partial charge on any atom is -0.396 e. The van der Waals surface area contributed by atoms with E-state index in [0.29, 0.717) is 11.7 Å². The number of nitrogens with zero attached hydrogens (tertiary/aromatic N) is 2. The first-order valence-corrected chi connectivity index (χ1v) is 8.07. The lowest BCUT2D eigenvalue weighted by Gasteiger charge is -2.10. The van der Waals surface area contributed by atoms with E-state index in [2.05, 4.69) is 14.9 Å². The van der Waals surface area contributed by atoms with Crippen LogP contribution in [0.25, 0.3) is 0 Å². The van der Waals surface area contributed by atoms with Crippen molar-refractivity contribution in [1.29, 1.82) is 0 Å². The molecule has 0 unspecified atom stereocenters. The highest BCUT2D eigenvalue weighted by atomic mass is 35.5. The van der Waals surface area contributed by atoms with Crippen LogP contribution in [-0.4, -0.2) is 25.1 Å². The molecule has 1 aromatic carbocycles. The number of sulfonamides is 1. The van der Waals surface area contributed by atoms with Crippen molar-refractivity contribution >= 4 is 38.9 Å². The van der Waals surface area contributed by atoms with Crippen molar-refractivity contribution < 1.29 is 12.9 Å². The minimum absolute atomic E-state index is 0.0220. The van der Waals surface area contributed by atoms with Gasteiger partial charge in [-0.05, 0) is 19.1 Å². The Bertz CT molecular complexity index is 761. The van der Waals surface area contributed by atoms with Gasteiger partial charge in [0, 0.05) is 13.0 Å². The topological polar surface area (TPSA) is 111 Å². The molecule has 10 heteroatoms. The van der Waals surface area contributed by atoms with Gasteiger partial charge in [0.1, 0.15) is 4.90 Å². The highest BCUT2D eigenvalue weighted by Crippen LogP contribution is 2.32.